The van der Waals surface area contributed by atoms with Crippen LogP contribution in [0.5, 0.6) is 5.75 Å². The second kappa shape index (κ2) is 6.48. The second-order valence-electron chi connectivity index (χ2n) is 4.41. The van der Waals surface area contributed by atoms with Crippen LogP contribution in [0.4, 0.5) is 8.78 Å². The fraction of sp³-hybridized carbons (Fsp3) is 0.250. The van der Waals surface area contributed by atoms with Gasteiger partial charge in [0.25, 0.3) is 0 Å². The zero-order chi connectivity index (χ0) is 14.5. The molecule has 2 rings (SSSR count). The van der Waals surface area contributed by atoms with Crippen molar-refractivity contribution in [2.45, 2.75) is 13.5 Å². The molecule has 2 aromatic rings. The molecule has 0 aromatic heterocycles. The number of rotatable bonds is 5. The molecule has 0 heterocycles. The van der Waals surface area contributed by atoms with Crippen LogP contribution in [0.1, 0.15) is 12.5 Å². The third-order valence-electron chi connectivity index (χ3n) is 3.11. The van der Waals surface area contributed by atoms with Gasteiger partial charge in [-0.05, 0) is 30.3 Å². The average Bonchev–Trinajstić information content (AvgIpc) is 2.47. The predicted octanol–water partition coefficient (Wildman–Crippen LogP) is 3.75. The molecule has 0 fully saturated rings. The summed E-state index contributed by atoms with van der Waals surface area (Å²) in [5.74, 6) is -0.547. The van der Waals surface area contributed by atoms with E-state index >= 15 is 0 Å². The third kappa shape index (κ3) is 2.96. The quantitative estimate of drug-likeness (QED) is 0.898. The summed E-state index contributed by atoms with van der Waals surface area (Å²) in [6.07, 6.45) is 0. The smallest absolute Gasteiger partial charge is 0.172 e. The van der Waals surface area contributed by atoms with Crippen molar-refractivity contribution in [1.82, 2.24) is 5.32 Å². The van der Waals surface area contributed by atoms with Crippen molar-refractivity contribution in [3.8, 4) is 16.9 Å². The van der Waals surface area contributed by atoms with Gasteiger partial charge in [-0.3, -0.25) is 0 Å². The standard InChI is InChI=1S/C16H17F2NO/c1-3-19-10-12-9-11(7-8-14(12)17)13-5-4-6-15(20-2)16(13)18/h4-9,19H,3,10H2,1-2H3. The molecular weight excluding hydrogens is 260 g/mol. The summed E-state index contributed by atoms with van der Waals surface area (Å²) in [7, 11) is 1.42. The molecule has 0 spiro atoms. The number of hydrogen-bond donors (Lipinski definition) is 1. The number of halogens is 2. The average molecular weight is 277 g/mol. The molecule has 4 heteroatoms. The SMILES string of the molecule is CCNCc1cc(-c2cccc(OC)c2F)ccc1F. The Balaban J connectivity index is 2.43. The van der Waals surface area contributed by atoms with Crippen LogP contribution < -0.4 is 10.1 Å². The maximum Gasteiger partial charge on any atom is 0.172 e. The predicted molar refractivity (Wildman–Crippen MR) is 75.7 cm³/mol. The lowest BCUT2D eigenvalue weighted by atomic mass is 10.0. The van der Waals surface area contributed by atoms with Gasteiger partial charge in [0.1, 0.15) is 5.82 Å². The van der Waals surface area contributed by atoms with E-state index in [9.17, 15) is 8.78 Å². The van der Waals surface area contributed by atoms with E-state index in [4.69, 9.17) is 4.74 Å². The molecule has 2 aromatic carbocycles. The first-order valence-corrected chi connectivity index (χ1v) is 6.49. The van der Waals surface area contributed by atoms with Crippen molar-refractivity contribution in [3.05, 3.63) is 53.6 Å². The molecule has 20 heavy (non-hydrogen) atoms. The maximum absolute atomic E-state index is 14.2. The fourth-order valence-electron chi connectivity index (χ4n) is 2.03. The minimum absolute atomic E-state index is 0.181. The van der Waals surface area contributed by atoms with Gasteiger partial charge in [-0.15, -0.1) is 0 Å². The Labute approximate surface area is 117 Å². The van der Waals surface area contributed by atoms with Gasteiger partial charge in [0.05, 0.1) is 7.11 Å². The van der Waals surface area contributed by atoms with Crippen LogP contribution in [0.25, 0.3) is 11.1 Å². The van der Waals surface area contributed by atoms with Gasteiger partial charge in [-0.2, -0.15) is 0 Å². The van der Waals surface area contributed by atoms with E-state index in [0.717, 1.165) is 6.54 Å². The number of methoxy groups -OCH3 is 1. The highest BCUT2D eigenvalue weighted by Crippen LogP contribution is 2.30. The Kier molecular flexibility index (Phi) is 4.69. The van der Waals surface area contributed by atoms with Crippen LogP contribution in [-0.4, -0.2) is 13.7 Å². The molecule has 0 atom stereocenters. The van der Waals surface area contributed by atoms with Crippen LogP contribution in [0.2, 0.25) is 0 Å². The molecule has 0 aliphatic rings. The minimum Gasteiger partial charge on any atom is -0.494 e. The van der Waals surface area contributed by atoms with Crippen LogP contribution in [0.3, 0.4) is 0 Å². The first kappa shape index (κ1) is 14.5. The van der Waals surface area contributed by atoms with E-state index in [2.05, 4.69) is 5.32 Å². The van der Waals surface area contributed by atoms with E-state index in [-0.39, 0.29) is 11.6 Å². The van der Waals surface area contributed by atoms with Crippen molar-refractivity contribution in [2.24, 2.45) is 0 Å². The Morgan fingerprint density at radius 3 is 2.65 bits per heavy atom. The summed E-state index contributed by atoms with van der Waals surface area (Å²) < 4.78 is 32.9. The van der Waals surface area contributed by atoms with Gasteiger partial charge in [-0.1, -0.05) is 25.1 Å². The third-order valence-corrected chi connectivity index (χ3v) is 3.11. The van der Waals surface area contributed by atoms with Gasteiger partial charge >= 0.3 is 0 Å². The Hall–Kier alpha value is -1.94. The summed E-state index contributed by atoms with van der Waals surface area (Å²) >= 11 is 0. The summed E-state index contributed by atoms with van der Waals surface area (Å²) in [5.41, 5.74) is 1.56. The Morgan fingerprint density at radius 2 is 1.95 bits per heavy atom. The number of nitrogens with one attached hydrogen (secondary N) is 1. The van der Waals surface area contributed by atoms with Gasteiger partial charge in [0, 0.05) is 17.7 Å². The minimum atomic E-state index is -0.434. The second-order valence-corrected chi connectivity index (χ2v) is 4.41. The van der Waals surface area contributed by atoms with Gasteiger partial charge in [-0.25, -0.2) is 8.78 Å². The normalized spacial score (nSPS) is 10.6. The van der Waals surface area contributed by atoms with Crippen LogP contribution in [-0.2, 0) is 6.54 Å². The van der Waals surface area contributed by atoms with E-state index in [0.29, 0.717) is 23.2 Å². The van der Waals surface area contributed by atoms with Gasteiger partial charge < -0.3 is 10.1 Å². The zero-order valence-corrected chi connectivity index (χ0v) is 11.5. The van der Waals surface area contributed by atoms with E-state index in [1.807, 2.05) is 6.92 Å². The molecule has 0 aliphatic heterocycles. The molecule has 1 N–H and O–H groups in total. The molecule has 0 unspecified atom stereocenters. The molecule has 0 radical (unpaired) electrons. The van der Waals surface area contributed by atoms with Crippen molar-refractivity contribution >= 4 is 0 Å². The highest BCUT2D eigenvalue weighted by atomic mass is 19.1. The highest BCUT2D eigenvalue weighted by molar-refractivity contribution is 5.66. The van der Waals surface area contributed by atoms with Crippen LogP contribution in [0.15, 0.2) is 36.4 Å². The lowest BCUT2D eigenvalue weighted by Crippen LogP contribution is -2.13. The first-order valence-electron chi connectivity index (χ1n) is 6.49. The Morgan fingerprint density at radius 1 is 1.15 bits per heavy atom. The topological polar surface area (TPSA) is 21.3 Å². The summed E-state index contributed by atoms with van der Waals surface area (Å²) in [6, 6.07) is 9.52. The monoisotopic (exact) mass is 277 g/mol. The molecule has 0 saturated carbocycles. The van der Waals surface area contributed by atoms with Crippen molar-refractivity contribution in [3.63, 3.8) is 0 Å². The fourth-order valence-corrected chi connectivity index (χ4v) is 2.03. The largest absolute Gasteiger partial charge is 0.494 e. The van der Waals surface area contributed by atoms with Gasteiger partial charge in [0.15, 0.2) is 11.6 Å². The van der Waals surface area contributed by atoms with Crippen LogP contribution in [0, 0.1) is 11.6 Å². The summed E-state index contributed by atoms with van der Waals surface area (Å²) in [4.78, 5) is 0. The summed E-state index contributed by atoms with van der Waals surface area (Å²) in [5, 5.41) is 3.06. The molecule has 0 aliphatic carbocycles. The first-order chi connectivity index (χ1) is 9.67. The molecule has 106 valence electrons. The van der Waals surface area contributed by atoms with Crippen molar-refractivity contribution in [2.75, 3.05) is 13.7 Å². The summed E-state index contributed by atoms with van der Waals surface area (Å²) in [6.45, 7) is 3.11. The lowest BCUT2D eigenvalue weighted by molar-refractivity contribution is 0.387. The molecule has 0 saturated heterocycles. The lowest BCUT2D eigenvalue weighted by Gasteiger charge is -2.10. The molecule has 2 nitrogen and oxygen atoms in total. The molecular formula is C16H17F2NO. The Bertz CT molecular complexity index is 599. The number of hydrogen-bond acceptors (Lipinski definition) is 2. The van der Waals surface area contributed by atoms with Crippen LogP contribution >= 0.6 is 0 Å². The van der Waals surface area contributed by atoms with E-state index in [1.54, 1.807) is 30.3 Å². The molecule has 0 bridgehead atoms. The maximum atomic E-state index is 14.2. The van der Waals surface area contributed by atoms with Gasteiger partial charge in [0.2, 0.25) is 0 Å². The number of benzene rings is 2. The molecule has 0 amide bonds. The van der Waals surface area contributed by atoms with E-state index < -0.39 is 5.82 Å². The highest BCUT2D eigenvalue weighted by Gasteiger charge is 2.12. The van der Waals surface area contributed by atoms with Crippen molar-refractivity contribution in [1.29, 1.82) is 0 Å². The number of ether oxygens (including phenoxy) is 1. The van der Waals surface area contributed by atoms with Crippen molar-refractivity contribution < 1.29 is 13.5 Å². The zero-order valence-electron chi connectivity index (χ0n) is 11.5. The van der Waals surface area contributed by atoms with E-state index in [1.165, 1.54) is 13.2 Å².